The average Bonchev–Trinajstić information content (AvgIpc) is 3.18. The number of anilines is 2. The minimum absolute atomic E-state index is 0.0925. The maximum Gasteiger partial charge on any atom is 0.338 e. The number of ether oxygens (including phenoxy) is 3. The quantitative estimate of drug-likeness (QED) is 0.587. The molecule has 0 fully saturated rings. The topological polar surface area (TPSA) is 111 Å². The second-order valence-corrected chi connectivity index (χ2v) is 8.73. The normalized spacial score (nSPS) is 12.3. The molecule has 0 unspecified atom stereocenters. The van der Waals surface area contributed by atoms with Crippen LogP contribution in [0.3, 0.4) is 0 Å². The van der Waals surface area contributed by atoms with Gasteiger partial charge >= 0.3 is 5.97 Å². The number of rotatable bonds is 9. The van der Waals surface area contributed by atoms with Crippen LogP contribution in [0.5, 0.6) is 11.5 Å². The highest BCUT2D eigenvalue weighted by Gasteiger charge is 2.21. The molecule has 1 N–H and O–H groups in total. The number of sulfonamides is 1. The smallest absolute Gasteiger partial charge is 0.338 e. The Labute approximate surface area is 181 Å². The molecule has 0 radical (unpaired) electrons. The van der Waals surface area contributed by atoms with Gasteiger partial charge in [0.25, 0.3) is 0 Å². The minimum Gasteiger partial charge on any atom is -0.462 e. The van der Waals surface area contributed by atoms with E-state index in [1.807, 2.05) is 0 Å². The number of esters is 1. The van der Waals surface area contributed by atoms with Crippen molar-refractivity contribution >= 4 is 33.3 Å². The highest BCUT2D eigenvalue weighted by atomic mass is 32.2. The van der Waals surface area contributed by atoms with Gasteiger partial charge in [-0.05, 0) is 43.7 Å². The number of nitrogens with one attached hydrogen (secondary N) is 1. The number of hydrogen-bond acceptors (Lipinski definition) is 7. The Morgan fingerprint density at radius 1 is 1.13 bits per heavy atom. The van der Waals surface area contributed by atoms with Crippen molar-refractivity contribution < 1.29 is 32.2 Å². The van der Waals surface area contributed by atoms with Crippen molar-refractivity contribution in [2.75, 3.05) is 35.8 Å². The van der Waals surface area contributed by atoms with E-state index in [0.717, 1.165) is 6.26 Å². The maximum absolute atomic E-state index is 12.3. The van der Waals surface area contributed by atoms with Gasteiger partial charge in [-0.1, -0.05) is 6.07 Å². The summed E-state index contributed by atoms with van der Waals surface area (Å²) in [6, 6.07) is 11.3. The molecule has 1 aliphatic rings. The molecule has 0 atom stereocenters. The monoisotopic (exact) mass is 448 g/mol. The molecule has 31 heavy (non-hydrogen) atoms. The lowest BCUT2D eigenvalue weighted by Gasteiger charge is -2.22. The lowest BCUT2D eigenvalue weighted by Crippen LogP contribution is -2.31. The van der Waals surface area contributed by atoms with Crippen molar-refractivity contribution in [3.63, 3.8) is 0 Å². The fourth-order valence-corrected chi connectivity index (χ4v) is 4.03. The lowest BCUT2D eigenvalue weighted by atomic mass is 10.2. The number of benzene rings is 2. The number of hydrogen-bond donors (Lipinski definition) is 1. The van der Waals surface area contributed by atoms with Crippen molar-refractivity contribution in [2.45, 2.75) is 19.8 Å². The Kier molecular flexibility index (Phi) is 7.01. The van der Waals surface area contributed by atoms with Crippen LogP contribution in [0.4, 0.5) is 11.4 Å². The molecule has 1 aliphatic heterocycles. The van der Waals surface area contributed by atoms with E-state index in [-0.39, 0.29) is 32.3 Å². The molecule has 1 heterocycles. The standard InChI is InChI=1S/C21H24N2O7S/c1-3-28-21(25)15-6-4-7-16(12-15)22-20(24)8-5-11-23(31(2,26)27)17-9-10-18-19(13-17)30-14-29-18/h4,6-7,9-10,12-13H,3,5,8,11,14H2,1-2H3,(H,22,24). The average molecular weight is 448 g/mol. The Bertz CT molecular complexity index is 1070. The summed E-state index contributed by atoms with van der Waals surface area (Å²) in [5.41, 5.74) is 1.24. The van der Waals surface area contributed by atoms with Gasteiger partial charge < -0.3 is 19.5 Å². The van der Waals surface area contributed by atoms with Gasteiger partial charge in [-0.15, -0.1) is 0 Å². The molecule has 0 spiro atoms. The largest absolute Gasteiger partial charge is 0.462 e. The maximum atomic E-state index is 12.3. The van der Waals surface area contributed by atoms with Gasteiger partial charge in [0.1, 0.15) is 0 Å². The Morgan fingerprint density at radius 3 is 2.65 bits per heavy atom. The van der Waals surface area contributed by atoms with Crippen molar-refractivity contribution in [1.29, 1.82) is 0 Å². The van der Waals surface area contributed by atoms with E-state index >= 15 is 0 Å². The molecule has 0 aliphatic carbocycles. The van der Waals surface area contributed by atoms with Gasteiger partial charge in [0.2, 0.25) is 22.7 Å². The van der Waals surface area contributed by atoms with Gasteiger partial charge in [0.15, 0.2) is 11.5 Å². The van der Waals surface area contributed by atoms with E-state index in [0.29, 0.717) is 34.9 Å². The number of nitrogens with zero attached hydrogens (tertiary/aromatic N) is 1. The molecule has 9 nitrogen and oxygen atoms in total. The van der Waals surface area contributed by atoms with Crippen LogP contribution >= 0.6 is 0 Å². The first-order chi connectivity index (χ1) is 14.8. The Hall–Kier alpha value is -3.27. The summed E-state index contributed by atoms with van der Waals surface area (Å²) in [5.74, 6) is 0.276. The molecule has 0 bridgehead atoms. The van der Waals surface area contributed by atoms with E-state index in [9.17, 15) is 18.0 Å². The number of fused-ring (bicyclic) bond motifs is 1. The van der Waals surface area contributed by atoms with Gasteiger partial charge in [0, 0.05) is 24.7 Å². The van der Waals surface area contributed by atoms with Crippen LogP contribution in [0, 0.1) is 0 Å². The molecular formula is C21H24N2O7S. The Balaban J connectivity index is 1.59. The van der Waals surface area contributed by atoms with Crippen LogP contribution in [0.2, 0.25) is 0 Å². The molecule has 2 aromatic carbocycles. The third-order valence-corrected chi connectivity index (χ3v) is 5.66. The predicted octanol–water partition coefficient (Wildman–Crippen LogP) is 2.78. The van der Waals surface area contributed by atoms with E-state index in [1.165, 1.54) is 10.4 Å². The van der Waals surface area contributed by atoms with Crippen LogP contribution in [0.1, 0.15) is 30.1 Å². The minimum atomic E-state index is -3.56. The molecule has 2 aromatic rings. The zero-order valence-corrected chi connectivity index (χ0v) is 18.1. The zero-order valence-electron chi connectivity index (χ0n) is 17.3. The molecule has 0 aromatic heterocycles. The van der Waals surface area contributed by atoms with Gasteiger partial charge in [0.05, 0.1) is 24.1 Å². The van der Waals surface area contributed by atoms with Crippen LogP contribution in [-0.2, 0) is 19.6 Å². The molecular weight excluding hydrogens is 424 g/mol. The predicted molar refractivity (Wildman–Crippen MR) is 115 cm³/mol. The molecule has 0 saturated heterocycles. The summed E-state index contributed by atoms with van der Waals surface area (Å²) in [4.78, 5) is 24.1. The summed E-state index contributed by atoms with van der Waals surface area (Å²) in [6.07, 6.45) is 1.50. The molecule has 10 heteroatoms. The first-order valence-corrected chi connectivity index (χ1v) is 11.6. The summed E-state index contributed by atoms with van der Waals surface area (Å²) >= 11 is 0. The SMILES string of the molecule is CCOC(=O)c1cccc(NC(=O)CCCN(c2ccc3c(c2)OCO3)S(C)(=O)=O)c1. The second-order valence-electron chi connectivity index (χ2n) is 6.83. The van der Waals surface area contributed by atoms with E-state index in [2.05, 4.69) is 5.32 Å². The molecule has 3 rings (SSSR count). The van der Waals surface area contributed by atoms with E-state index in [1.54, 1.807) is 43.3 Å². The molecule has 166 valence electrons. The van der Waals surface area contributed by atoms with Crippen LogP contribution in [0.15, 0.2) is 42.5 Å². The third-order valence-electron chi connectivity index (χ3n) is 4.47. The first kappa shape index (κ1) is 22.4. The third kappa shape index (κ3) is 5.88. The van der Waals surface area contributed by atoms with Gasteiger partial charge in [-0.25, -0.2) is 13.2 Å². The van der Waals surface area contributed by atoms with Crippen LogP contribution in [0.25, 0.3) is 0 Å². The number of carbonyl (C=O) groups is 2. The highest BCUT2D eigenvalue weighted by molar-refractivity contribution is 7.92. The van der Waals surface area contributed by atoms with Gasteiger partial charge in [-0.3, -0.25) is 9.10 Å². The Morgan fingerprint density at radius 2 is 1.90 bits per heavy atom. The molecule has 1 amide bonds. The number of carbonyl (C=O) groups excluding carboxylic acids is 2. The summed E-state index contributed by atoms with van der Waals surface area (Å²) in [6.45, 7) is 2.19. The molecule has 0 saturated carbocycles. The van der Waals surface area contributed by atoms with E-state index < -0.39 is 16.0 Å². The van der Waals surface area contributed by atoms with Crippen molar-refractivity contribution in [2.24, 2.45) is 0 Å². The zero-order chi connectivity index (χ0) is 22.4. The van der Waals surface area contributed by atoms with Crippen molar-refractivity contribution in [1.82, 2.24) is 0 Å². The van der Waals surface area contributed by atoms with Crippen LogP contribution in [-0.4, -0.2) is 46.5 Å². The summed E-state index contributed by atoms with van der Waals surface area (Å²) in [7, 11) is -3.56. The van der Waals surface area contributed by atoms with Gasteiger partial charge in [-0.2, -0.15) is 0 Å². The fourth-order valence-electron chi connectivity index (χ4n) is 3.07. The number of amides is 1. The lowest BCUT2D eigenvalue weighted by molar-refractivity contribution is -0.116. The summed E-state index contributed by atoms with van der Waals surface area (Å²) in [5, 5.41) is 2.71. The van der Waals surface area contributed by atoms with Crippen molar-refractivity contribution in [3.05, 3.63) is 48.0 Å². The van der Waals surface area contributed by atoms with Crippen LogP contribution < -0.4 is 19.1 Å². The summed E-state index contributed by atoms with van der Waals surface area (Å²) < 4.78 is 41.3. The highest BCUT2D eigenvalue weighted by Crippen LogP contribution is 2.36. The fraction of sp³-hybridized carbons (Fsp3) is 0.333. The second kappa shape index (κ2) is 9.69. The van der Waals surface area contributed by atoms with Crippen molar-refractivity contribution in [3.8, 4) is 11.5 Å². The first-order valence-electron chi connectivity index (χ1n) is 9.72. The van der Waals surface area contributed by atoms with E-state index in [4.69, 9.17) is 14.2 Å².